The fourth-order valence-corrected chi connectivity index (χ4v) is 3.89. The standard InChI is InChI=1S/C21H22N2O2/c1-21(2)17-18(21)20(14-7-11-16(25-4)12-8-14)23-22-19(17)13-5-9-15(24-3)10-6-13/h5-12,17-18H,1-4H3/t17-,18+. The number of rotatable bonds is 4. The van der Waals surface area contributed by atoms with Crippen LogP contribution in [0, 0.1) is 17.3 Å². The zero-order valence-electron chi connectivity index (χ0n) is 15.0. The van der Waals surface area contributed by atoms with Gasteiger partial charge in [0.15, 0.2) is 0 Å². The summed E-state index contributed by atoms with van der Waals surface area (Å²) in [6.07, 6.45) is 0. The SMILES string of the molecule is COc1ccc(C2=NN=C(c3ccc(OC)cc3)[C@H]3[C@@H]2C3(C)C)cc1. The Balaban J connectivity index is 1.71. The van der Waals surface area contributed by atoms with E-state index in [2.05, 4.69) is 48.3 Å². The van der Waals surface area contributed by atoms with Crippen molar-refractivity contribution in [2.24, 2.45) is 27.5 Å². The van der Waals surface area contributed by atoms with Gasteiger partial charge >= 0.3 is 0 Å². The molecule has 1 heterocycles. The van der Waals surface area contributed by atoms with Crippen LogP contribution in [0.2, 0.25) is 0 Å². The highest BCUT2D eigenvalue weighted by Gasteiger charge is 2.64. The summed E-state index contributed by atoms with van der Waals surface area (Å²) in [5.74, 6) is 2.51. The molecule has 1 aliphatic heterocycles. The summed E-state index contributed by atoms with van der Waals surface area (Å²) in [6.45, 7) is 4.59. The van der Waals surface area contributed by atoms with Gasteiger partial charge in [-0.25, -0.2) is 0 Å². The molecule has 25 heavy (non-hydrogen) atoms. The summed E-state index contributed by atoms with van der Waals surface area (Å²) in [7, 11) is 3.36. The van der Waals surface area contributed by atoms with Gasteiger partial charge in [0.1, 0.15) is 11.5 Å². The van der Waals surface area contributed by atoms with E-state index in [4.69, 9.17) is 9.47 Å². The zero-order chi connectivity index (χ0) is 17.6. The molecule has 4 nitrogen and oxygen atoms in total. The van der Waals surface area contributed by atoms with Gasteiger partial charge in [-0.1, -0.05) is 13.8 Å². The number of ether oxygens (including phenoxy) is 2. The van der Waals surface area contributed by atoms with Gasteiger partial charge in [-0.2, -0.15) is 10.2 Å². The second-order valence-corrected chi connectivity index (χ2v) is 7.20. The number of nitrogens with zero attached hydrogens (tertiary/aromatic N) is 2. The summed E-state index contributed by atoms with van der Waals surface area (Å²) in [5, 5.41) is 9.21. The van der Waals surface area contributed by atoms with Crippen molar-refractivity contribution >= 4 is 11.4 Å². The van der Waals surface area contributed by atoms with Crippen molar-refractivity contribution in [1.82, 2.24) is 0 Å². The van der Waals surface area contributed by atoms with Crippen molar-refractivity contribution in [2.45, 2.75) is 13.8 Å². The van der Waals surface area contributed by atoms with Gasteiger partial charge in [0.2, 0.25) is 0 Å². The van der Waals surface area contributed by atoms with Crippen LogP contribution in [0.5, 0.6) is 11.5 Å². The molecule has 2 aromatic carbocycles. The maximum Gasteiger partial charge on any atom is 0.118 e. The Morgan fingerprint density at radius 3 is 1.36 bits per heavy atom. The van der Waals surface area contributed by atoms with Gasteiger partial charge in [0.05, 0.1) is 25.6 Å². The molecule has 128 valence electrons. The van der Waals surface area contributed by atoms with Crippen LogP contribution in [0.1, 0.15) is 25.0 Å². The van der Waals surface area contributed by atoms with E-state index in [1.165, 1.54) is 0 Å². The fraction of sp³-hybridized carbons (Fsp3) is 0.333. The molecule has 1 aliphatic carbocycles. The Labute approximate surface area is 148 Å². The molecule has 0 bridgehead atoms. The van der Waals surface area contributed by atoms with Crippen molar-refractivity contribution in [3.63, 3.8) is 0 Å². The molecule has 4 rings (SSSR count). The normalized spacial score (nSPS) is 23.2. The second-order valence-electron chi connectivity index (χ2n) is 7.20. The van der Waals surface area contributed by atoms with Crippen LogP contribution in [0.15, 0.2) is 58.7 Å². The van der Waals surface area contributed by atoms with Crippen LogP contribution in [0.4, 0.5) is 0 Å². The molecule has 2 aliphatic rings. The summed E-state index contributed by atoms with van der Waals surface area (Å²) < 4.78 is 10.5. The molecule has 2 atom stereocenters. The predicted octanol–water partition coefficient (Wildman–Crippen LogP) is 4.18. The first-order valence-corrected chi connectivity index (χ1v) is 8.50. The molecule has 1 saturated carbocycles. The lowest BCUT2D eigenvalue weighted by Gasteiger charge is -2.12. The summed E-state index contributed by atoms with van der Waals surface area (Å²) in [6, 6.07) is 16.2. The zero-order valence-corrected chi connectivity index (χ0v) is 15.0. The second kappa shape index (κ2) is 5.73. The minimum absolute atomic E-state index is 0.161. The quantitative estimate of drug-likeness (QED) is 0.842. The molecule has 1 fully saturated rings. The van der Waals surface area contributed by atoms with E-state index >= 15 is 0 Å². The number of benzene rings is 2. The fourth-order valence-electron chi connectivity index (χ4n) is 3.89. The number of methoxy groups -OCH3 is 2. The molecule has 0 aromatic heterocycles. The smallest absolute Gasteiger partial charge is 0.118 e. The van der Waals surface area contributed by atoms with Gasteiger partial charge in [0, 0.05) is 11.8 Å². The molecule has 2 aromatic rings. The first-order chi connectivity index (χ1) is 12.1. The van der Waals surface area contributed by atoms with E-state index in [-0.39, 0.29) is 5.41 Å². The van der Waals surface area contributed by atoms with Crippen LogP contribution >= 0.6 is 0 Å². The first kappa shape index (κ1) is 15.9. The average Bonchev–Trinajstić information content (AvgIpc) is 3.24. The lowest BCUT2D eigenvalue weighted by atomic mass is 9.99. The van der Waals surface area contributed by atoms with Gasteiger partial charge in [-0.3, -0.25) is 0 Å². The number of fused-ring (bicyclic) bond motifs is 1. The minimum atomic E-state index is 0.161. The van der Waals surface area contributed by atoms with E-state index in [9.17, 15) is 0 Å². The van der Waals surface area contributed by atoms with Crippen LogP contribution < -0.4 is 9.47 Å². The van der Waals surface area contributed by atoms with Crippen LogP contribution in [-0.4, -0.2) is 25.6 Å². The predicted molar refractivity (Wildman–Crippen MR) is 99.8 cm³/mol. The molecule has 0 N–H and O–H groups in total. The van der Waals surface area contributed by atoms with E-state index in [1.54, 1.807) is 14.2 Å². The maximum atomic E-state index is 5.25. The third-order valence-corrected chi connectivity index (χ3v) is 5.45. The largest absolute Gasteiger partial charge is 0.497 e. The van der Waals surface area contributed by atoms with Gasteiger partial charge in [0.25, 0.3) is 0 Å². The Morgan fingerprint density at radius 1 is 0.680 bits per heavy atom. The van der Waals surface area contributed by atoms with Crippen LogP contribution in [-0.2, 0) is 0 Å². The van der Waals surface area contributed by atoms with Crippen molar-refractivity contribution in [3.05, 3.63) is 59.7 Å². The summed E-state index contributed by atoms with van der Waals surface area (Å²) in [4.78, 5) is 0. The maximum absolute atomic E-state index is 5.25. The van der Waals surface area contributed by atoms with E-state index < -0.39 is 0 Å². The van der Waals surface area contributed by atoms with Crippen molar-refractivity contribution in [1.29, 1.82) is 0 Å². The highest BCUT2D eigenvalue weighted by atomic mass is 16.5. The average molecular weight is 334 g/mol. The molecular weight excluding hydrogens is 312 g/mol. The molecule has 4 heteroatoms. The van der Waals surface area contributed by atoms with Crippen molar-refractivity contribution < 1.29 is 9.47 Å². The highest BCUT2D eigenvalue weighted by Crippen LogP contribution is 2.62. The first-order valence-electron chi connectivity index (χ1n) is 8.50. The van der Waals surface area contributed by atoms with Crippen molar-refractivity contribution in [3.8, 4) is 11.5 Å². The molecule has 0 amide bonds. The molecular formula is C21H22N2O2. The highest BCUT2D eigenvalue weighted by molar-refractivity contribution is 6.15. The Kier molecular flexibility index (Phi) is 3.64. The van der Waals surface area contributed by atoms with E-state index in [0.717, 1.165) is 34.0 Å². The summed E-state index contributed by atoms with van der Waals surface area (Å²) >= 11 is 0. The molecule has 0 spiro atoms. The molecule has 0 saturated heterocycles. The lowest BCUT2D eigenvalue weighted by Crippen LogP contribution is -2.15. The van der Waals surface area contributed by atoms with Crippen LogP contribution in [0.3, 0.4) is 0 Å². The third kappa shape index (κ3) is 2.53. The van der Waals surface area contributed by atoms with E-state index in [1.807, 2.05) is 24.3 Å². The topological polar surface area (TPSA) is 43.2 Å². The van der Waals surface area contributed by atoms with Crippen molar-refractivity contribution in [2.75, 3.05) is 14.2 Å². The Morgan fingerprint density at radius 2 is 1.04 bits per heavy atom. The minimum Gasteiger partial charge on any atom is -0.497 e. The Hall–Kier alpha value is -2.62. The molecule has 0 unspecified atom stereocenters. The van der Waals surface area contributed by atoms with E-state index in [0.29, 0.717) is 11.8 Å². The van der Waals surface area contributed by atoms with Gasteiger partial charge in [-0.05, 0) is 65.1 Å². The van der Waals surface area contributed by atoms with Gasteiger partial charge < -0.3 is 9.47 Å². The number of hydrogen-bond donors (Lipinski definition) is 0. The lowest BCUT2D eigenvalue weighted by molar-refractivity contribution is 0.414. The molecule has 0 radical (unpaired) electrons. The summed E-state index contributed by atoms with van der Waals surface area (Å²) in [5.41, 5.74) is 4.57. The van der Waals surface area contributed by atoms with Crippen LogP contribution in [0.25, 0.3) is 0 Å². The Bertz CT molecular complexity index is 777. The number of hydrogen-bond acceptors (Lipinski definition) is 4. The third-order valence-electron chi connectivity index (χ3n) is 5.45. The monoisotopic (exact) mass is 334 g/mol. The van der Waals surface area contributed by atoms with Gasteiger partial charge in [-0.15, -0.1) is 0 Å².